The van der Waals surface area contributed by atoms with Crippen LogP contribution in [0.2, 0.25) is 0 Å². The van der Waals surface area contributed by atoms with Crippen molar-refractivity contribution in [3.05, 3.63) is 29.0 Å². The van der Waals surface area contributed by atoms with E-state index in [-0.39, 0.29) is 11.7 Å². The molecule has 0 spiro atoms. The molecule has 0 radical (unpaired) electrons. The highest BCUT2D eigenvalue weighted by Crippen LogP contribution is 2.49. The Balaban J connectivity index is 1.96. The normalized spacial score (nSPS) is 18.5. The van der Waals surface area contributed by atoms with Crippen LogP contribution in [0.3, 0.4) is 0 Å². The van der Waals surface area contributed by atoms with Gasteiger partial charge in [0.1, 0.15) is 0 Å². The molecule has 1 aliphatic carbocycles. The van der Waals surface area contributed by atoms with Gasteiger partial charge in [-0.15, -0.1) is 0 Å². The molecule has 1 aromatic carbocycles. The zero-order valence-electron chi connectivity index (χ0n) is 17.5. The molecule has 4 rings (SSSR count). The molecule has 4 heteroatoms. The van der Waals surface area contributed by atoms with Gasteiger partial charge < -0.3 is 9.88 Å². The molecule has 0 saturated carbocycles. The number of ketones is 1. The summed E-state index contributed by atoms with van der Waals surface area (Å²) in [7, 11) is 0. The van der Waals surface area contributed by atoms with Crippen molar-refractivity contribution in [1.82, 2.24) is 4.98 Å². The SMILES string of the molecule is CCCN1C(=O)C(CCC)(CCC)c2cc3[nH]c4c(c3cc21)CCCCC4=O. The van der Waals surface area contributed by atoms with Crippen molar-refractivity contribution in [2.24, 2.45) is 0 Å². The van der Waals surface area contributed by atoms with E-state index in [4.69, 9.17) is 0 Å². The molecule has 0 saturated heterocycles. The number of aromatic amines is 1. The standard InChI is InChI=1S/C24H32N2O2/c1-4-11-24(12-5-2)18-15-19-17(14-20(18)26(13-6-3)23(24)28)16-9-7-8-10-21(27)22(16)25-19/h14-15,25H,4-13H2,1-3H3. The lowest BCUT2D eigenvalue weighted by Crippen LogP contribution is -2.40. The van der Waals surface area contributed by atoms with Crippen molar-refractivity contribution in [2.45, 2.75) is 84.0 Å². The Kier molecular flexibility index (Phi) is 5.07. The molecule has 150 valence electrons. The first-order valence-electron chi connectivity index (χ1n) is 11.1. The van der Waals surface area contributed by atoms with Gasteiger partial charge in [0.15, 0.2) is 5.78 Å². The number of anilines is 1. The highest BCUT2D eigenvalue weighted by Gasteiger charge is 2.49. The summed E-state index contributed by atoms with van der Waals surface area (Å²) < 4.78 is 0. The van der Waals surface area contributed by atoms with E-state index < -0.39 is 5.41 Å². The minimum Gasteiger partial charge on any atom is -0.352 e. The maximum Gasteiger partial charge on any atom is 0.237 e. The van der Waals surface area contributed by atoms with Crippen LogP contribution >= 0.6 is 0 Å². The maximum absolute atomic E-state index is 13.6. The summed E-state index contributed by atoms with van der Waals surface area (Å²) >= 11 is 0. The van der Waals surface area contributed by atoms with Gasteiger partial charge in [0.05, 0.1) is 11.1 Å². The van der Waals surface area contributed by atoms with Gasteiger partial charge >= 0.3 is 0 Å². The molecule has 0 fully saturated rings. The van der Waals surface area contributed by atoms with Crippen molar-refractivity contribution >= 4 is 28.3 Å². The molecule has 2 aromatic rings. The number of aromatic nitrogens is 1. The fourth-order valence-electron chi connectivity index (χ4n) is 5.49. The number of hydrogen-bond donors (Lipinski definition) is 1. The predicted molar refractivity (Wildman–Crippen MR) is 114 cm³/mol. The Bertz CT molecular complexity index is 918. The van der Waals surface area contributed by atoms with Crippen molar-refractivity contribution in [2.75, 3.05) is 11.4 Å². The number of carbonyl (C=O) groups excluding carboxylic acids is 2. The fourth-order valence-corrected chi connectivity index (χ4v) is 5.49. The summed E-state index contributed by atoms with van der Waals surface area (Å²) in [4.78, 5) is 31.7. The van der Waals surface area contributed by atoms with Crippen LogP contribution in [0.25, 0.3) is 10.9 Å². The second-order valence-corrected chi connectivity index (χ2v) is 8.56. The number of nitrogens with zero attached hydrogens (tertiary/aromatic N) is 1. The number of carbonyl (C=O) groups is 2. The zero-order chi connectivity index (χ0) is 19.9. The number of hydrogen-bond acceptors (Lipinski definition) is 2. The number of Topliss-reactive ketones (excluding diaryl/α,β-unsaturated/α-hetero) is 1. The van der Waals surface area contributed by atoms with Crippen molar-refractivity contribution in [3.63, 3.8) is 0 Å². The molecule has 0 unspecified atom stereocenters. The Morgan fingerprint density at radius 1 is 1.00 bits per heavy atom. The lowest BCUT2D eigenvalue weighted by molar-refractivity contribution is -0.123. The number of amides is 1. The van der Waals surface area contributed by atoms with Crippen molar-refractivity contribution < 1.29 is 9.59 Å². The Morgan fingerprint density at radius 2 is 1.71 bits per heavy atom. The van der Waals surface area contributed by atoms with Gasteiger partial charge in [-0.25, -0.2) is 0 Å². The second-order valence-electron chi connectivity index (χ2n) is 8.56. The first-order valence-corrected chi connectivity index (χ1v) is 11.1. The van der Waals surface area contributed by atoms with Crippen LogP contribution in [0.5, 0.6) is 0 Å². The van der Waals surface area contributed by atoms with Gasteiger partial charge in [0, 0.05) is 29.6 Å². The average molecular weight is 381 g/mol. The van der Waals surface area contributed by atoms with Gasteiger partial charge in [-0.3, -0.25) is 9.59 Å². The number of benzene rings is 1. The number of nitrogens with one attached hydrogen (secondary N) is 1. The van der Waals surface area contributed by atoms with E-state index in [0.717, 1.165) is 85.8 Å². The van der Waals surface area contributed by atoms with Crippen LogP contribution in [-0.4, -0.2) is 23.2 Å². The summed E-state index contributed by atoms with van der Waals surface area (Å²) in [6, 6.07) is 4.41. The molecule has 1 aliphatic heterocycles. The molecule has 4 nitrogen and oxygen atoms in total. The monoisotopic (exact) mass is 380 g/mol. The van der Waals surface area contributed by atoms with Gasteiger partial charge in [-0.1, -0.05) is 33.6 Å². The minimum atomic E-state index is -0.408. The maximum atomic E-state index is 13.6. The summed E-state index contributed by atoms with van der Waals surface area (Å²) in [5, 5.41) is 1.14. The second kappa shape index (κ2) is 7.38. The third-order valence-corrected chi connectivity index (χ3v) is 6.64. The number of rotatable bonds is 6. The molecule has 2 aliphatic rings. The van der Waals surface area contributed by atoms with Crippen LogP contribution < -0.4 is 4.90 Å². The van der Waals surface area contributed by atoms with E-state index >= 15 is 0 Å². The molecule has 28 heavy (non-hydrogen) atoms. The molecular weight excluding hydrogens is 348 g/mol. The third-order valence-electron chi connectivity index (χ3n) is 6.64. The molecule has 0 atom stereocenters. The first kappa shape index (κ1) is 19.2. The van der Waals surface area contributed by atoms with Crippen molar-refractivity contribution in [1.29, 1.82) is 0 Å². The van der Waals surface area contributed by atoms with Crippen LogP contribution in [-0.2, 0) is 16.6 Å². The quantitative estimate of drug-likeness (QED) is 0.656. The molecule has 0 bridgehead atoms. The smallest absolute Gasteiger partial charge is 0.237 e. The van der Waals surface area contributed by atoms with Gasteiger partial charge in [0.2, 0.25) is 5.91 Å². The zero-order valence-corrected chi connectivity index (χ0v) is 17.5. The van der Waals surface area contributed by atoms with Crippen LogP contribution in [0.15, 0.2) is 12.1 Å². The lowest BCUT2D eigenvalue weighted by Gasteiger charge is -2.28. The molecular formula is C24H32N2O2. The summed E-state index contributed by atoms with van der Waals surface area (Å²) in [5.41, 5.74) is 4.84. The van der Waals surface area contributed by atoms with Gasteiger partial charge in [-0.2, -0.15) is 0 Å². The van der Waals surface area contributed by atoms with E-state index in [1.54, 1.807) is 0 Å². The van der Waals surface area contributed by atoms with Crippen LogP contribution in [0.1, 0.15) is 93.8 Å². The Hall–Kier alpha value is -2.10. The largest absolute Gasteiger partial charge is 0.352 e. The Morgan fingerprint density at radius 3 is 2.39 bits per heavy atom. The minimum absolute atomic E-state index is 0.235. The highest BCUT2D eigenvalue weighted by molar-refractivity contribution is 6.11. The van der Waals surface area contributed by atoms with Gasteiger partial charge in [-0.05, 0) is 61.8 Å². The van der Waals surface area contributed by atoms with E-state index in [2.05, 4.69) is 37.9 Å². The topological polar surface area (TPSA) is 53.2 Å². The molecule has 1 N–H and O–H groups in total. The van der Waals surface area contributed by atoms with E-state index in [0.29, 0.717) is 6.42 Å². The van der Waals surface area contributed by atoms with Crippen LogP contribution in [0.4, 0.5) is 5.69 Å². The lowest BCUT2D eigenvalue weighted by atomic mass is 9.74. The van der Waals surface area contributed by atoms with E-state index in [1.807, 2.05) is 4.90 Å². The molecule has 1 amide bonds. The fraction of sp³-hybridized carbons (Fsp3) is 0.583. The number of aryl methyl sites for hydroxylation is 1. The van der Waals surface area contributed by atoms with E-state index in [1.165, 1.54) is 5.56 Å². The first-order chi connectivity index (χ1) is 13.6. The van der Waals surface area contributed by atoms with Crippen LogP contribution in [0, 0.1) is 0 Å². The summed E-state index contributed by atoms with van der Waals surface area (Å²) in [5.74, 6) is 0.515. The Labute approximate surface area is 167 Å². The predicted octanol–water partition coefficient (Wildman–Crippen LogP) is 5.67. The molecule has 1 aromatic heterocycles. The third kappa shape index (κ3) is 2.72. The van der Waals surface area contributed by atoms with E-state index in [9.17, 15) is 9.59 Å². The van der Waals surface area contributed by atoms with Crippen molar-refractivity contribution in [3.8, 4) is 0 Å². The average Bonchev–Trinajstić information content (AvgIpc) is 3.06. The summed E-state index contributed by atoms with van der Waals surface area (Å²) in [6.07, 6.45) is 8.29. The number of fused-ring (bicyclic) bond motifs is 4. The number of H-pyrrole nitrogens is 1. The highest BCUT2D eigenvalue weighted by atomic mass is 16.2. The summed E-state index contributed by atoms with van der Waals surface area (Å²) in [6.45, 7) is 7.23. The van der Waals surface area contributed by atoms with Gasteiger partial charge in [0.25, 0.3) is 0 Å². The molecule has 2 heterocycles.